The molecule has 4 nitrogen and oxygen atoms in total. The van der Waals surface area contributed by atoms with Gasteiger partial charge in [-0.1, -0.05) is 6.92 Å². The van der Waals surface area contributed by atoms with E-state index in [-0.39, 0.29) is 6.61 Å². The van der Waals surface area contributed by atoms with Gasteiger partial charge in [-0.05, 0) is 6.54 Å². The van der Waals surface area contributed by atoms with Gasteiger partial charge >= 0.3 is 0 Å². The van der Waals surface area contributed by atoms with Crippen LogP contribution in [0.15, 0.2) is 0 Å². The summed E-state index contributed by atoms with van der Waals surface area (Å²) >= 11 is 0. The average molecular weight is 170 g/mol. The van der Waals surface area contributed by atoms with Crippen LogP contribution in [0, 0.1) is 11.3 Å². The van der Waals surface area contributed by atoms with Crippen LogP contribution in [-0.4, -0.2) is 48.5 Å². The van der Waals surface area contributed by atoms with E-state index in [1.165, 1.54) is 0 Å². The van der Waals surface area contributed by atoms with Crippen LogP contribution in [0.5, 0.6) is 0 Å². The van der Waals surface area contributed by atoms with Gasteiger partial charge in [-0.15, -0.1) is 0 Å². The Bertz CT molecular complexity index is 190. The minimum Gasteiger partial charge on any atom is -0.393 e. The second-order valence-electron chi connectivity index (χ2n) is 2.93. The largest absolute Gasteiger partial charge is 0.393 e. The van der Waals surface area contributed by atoms with E-state index >= 15 is 0 Å². The summed E-state index contributed by atoms with van der Waals surface area (Å²) in [7, 11) is 0. The smallest absolute Gasteiger partial charge is 0.156 e. The molecule has 0 aromatic rings. The van der Waals surface area contributed by atoms with Gasteiger partial charge in [0, 0.05) is 6.54 Å². The third kappa shape index (κ3) is 1.44. The highest BCUT2D eigenvalue weighted by molar-refractivity contribution is 5.09. The van der Waals surface area contributed by atoms with Crippen LogP contribution in [0.25, 0.3) is 0 Å². The Balaban J connectivity index is 2.75. The normalized spacial score (nSPS) is 31.4. The van der Waals surface area contributed by atoms with Gasteiger partial charge in [0.2, 0.25) is 0 Å². The van der Waals surface area contributed by atoms with Crippen LogP contribution >= 0.6 is 0 Å². The highest BCUT2D eigenvalue weighted by Gasteiger charge is 2.38. The summed E-state index contributed by atoms with van der Waals surface area (Å²) in [6.45, 7) is 4.29. The van der Waals surface area contributed by atoms with E-state index in [1.54, 1.807) is 0 Å². The lowest BCUT2D eigenvalue weighted by Gasteiger charge is -2.40. The molecule has 0 aromatic carbocycles. The Morgan fingerprint density at radius 3 is 2.92 bits per heavy atom. The highest BCUT2D eigenvalue weighted by atomic mass is 16.5. The molecular formula is C8H14N2O2. The van der Waals surface area contributed by atoms with Crippen molar-refractivity contribution in [2.45, 2.75) is 12.5 Å². The van der Waals surface area contributed by atoms with Crippen LogP contribution in [0.2, 0.25) is 0 Å². The minimum absolute atomic E-state index is 0.155. The number of hydrogen-bond donors (Lipinski definition) is 1. The maximum atomic E-state index is 9.10. The fraction of sp³-hybridized carbons (Fsp3) is 0.875. The van der Waals surface area contributed by atoms with Crippen molar-refractivity contribution in [2.75, 3.05) is 32.9 Å². The lowest BCUT2D eigenvalue weighted by molar-refractivity contribution is -0.0605. The Kier molecular flexibility index (Phi) is 3.04. The summed E-state index contributed by atoms with van der Waals surface area (Å²) in [6.07, 6.45) is 0. The Labute approximate surface area is 72.3 Å². The molecule has 1 heterocycles. The summed E-state index contributed by atoms with van der Waals surface area (Å²) in [4.78, 5) is 1.95. The quantitative estimate of drug-likeness (QED) is 0.612. The van der Waals surface area contributed by atoms with Gasteiger partial charge in [-0.25, -0.2) is 0 Å². The van der Waals surface area contributed by atoms with Gasteiger partial charge in [0.05, 0.1) is 25.9 Å². The van der Waals surface area contributed by atoms with Gasteiger partial charge in [0.25, 0.3) is 0 Å². The minimum atomic E-state index is -0.799. The molecule has 1 saturated heterocycles. The van der Waals surface area contributed by atoms with Crippen molar-refractivity contribution in [3.63, 3.8) is 0 Å². The van der Waals surface area contributed by atoms with E-state index in [0.29, 0.717) is 13.2 Å². The second kappa shape index (κ2) is 3.85. The van der Waals surface area contributed by atoms with E-state index in [9.17, 15) is 0 Å². The third-order valence-corrected chi connectivity index (χ3v) is 2.30. The SMILES string of the molecule is CCN1CCOCC1(C#N)CO. The van der Waals surface area contributed by atoms with Gasteiger partial charge < -0.3 is 9.84 Å². The molecule has 0 saturated carbocycles. The van der Waals surface area contributed by atoms with Crippen LogP contribution in [0.3, 0.4) is 0 Å². The molecule has 12 heavy (non-hydrogen) atoms. The van der Waals surface area contributed by atoms with E-state index in [1.807, 2.05) is 11.8 Å². The summed E-state index contributed by atoms with van der Waals surface area (Å²) < 4.78 is 5.18. The molecular weight excluding hydrogens is 156 g/mol. The lowest BCUT2D eigenvalue weighted by atomic mass is 10.0. The monoisotopic (exact) mass is 170 g/mol. The summed E-state index contributed by atoms with van der Waals surface area (Å²) in [5.74, 6) is 0. The number of morpholine rings is 1. The number of hydrogen-bond acceptors (Lipinski definition) is 4. The highest BCUT2D eigenvalue weighted by Crippen LogP contribution is 2.18. The molecule has 1 aliphatic heterocycles. The number of aliphatic hydroxyl groups excluding tert-OH is 1. The zero-order chi connectivity index (χ0) is 9.03. The van der Waals surface area contributed by atoms with E-state index < -0.39 is 5.54 Å². The van der Waals surface area contributed by atoms with Crippen molar-refractivity contribution >= 4 is 0 Å². The number of nitrogens with zero attached hydrogens (tertiary/aromatic N) is 2. The Morgan fingerprint density at radius 2 is 2.50 bits per heavy atom. The zero-order valence-electron chi connectivity index (χ0n) is 7.29. The fourth-order valence-electron chi connectivity index (χ4n) is 1.47. The van der Waals surface area contributed by atoms with Gasteiger partial charge in [-0.3, -0.25) is 4.90 Å². The molecule has 0 spiro atoms. The number of aliphatic hydroxyl groups is 1. The average Bonchev–Trinajstić information content (AvgIpc) is 2.17. The maximum Gasteiger partial charge on any atom is 0.156 e. The van der Waals surface area contributed by atoms with Gasteiger partial charge in [0.1, 0.15) is 0 Å². The van der Waals surface area contributed by atoms with Crippen LogP contribution < -0.4 is 0 Å². The molecule has 0 bridgehead atoms. The zero-order valence-corrected chi connectivity index (χ0v) is 7.29. The first-order valence-corrected chi connectivity index (χ1v) is 4.14. The molecule has 1 atom stereocenters. The van der Waals surface area contributed by atoms with Crippen molar-refractivity contribution in [1.82, 2.24) is 4.90 Å². The van der Waals surface area contributed by atoms with Crippen molar-refractivity contribution in [2.24, 2.45) is 0 Å². The predicted octanol–water partition coefficient (Wildman–Crippen LogP) is -0.407. The number of likely N-dealkylation sites (N-methyl/N-ethyl adjacent to an activating group) is 1. The molecule has 0 radical (unpaired) electrons. The number of ether oxygens (including phenoxy) is 1. The van der Waals surface area contributed by atoms with Crippen molar-refractivity contribution in [1.29, 1.82) is 5.26 Å². The fourth-order valence-corrected chi connectivity index (χ4v) is 1.47. The van der Waals surface area contributed by atoms with E-state index in [0.717, 1.165) is 13.1 Å². The Hall–Kier alpha value is -0.630. The molecule has 1 N–H and O–H groups in total. The molecule has 68 valence electrons. The molecule has 0 amide bonds. The predicted molar refractivity (Wildman–Crippen MR) is 43.5 cm³/mol. The first-order valence-electron chi connectivity index (χ1n) is 4.14. The Morgan fingerprint density at radius 1 is 1.75 bits per heavy atom. The van der Waals surface area contributed by atoms with Gasteiger partial charge in [-0.2, -0.15) is 5.26 Å². The summed E-state index contributed by atoms with van der Waals surface area (Å²) in [6, 6.07) is 2.12. The molecule has 1 fully saturated rings. The summed E-state index contributed by atoms with van der Waals surface area (Å²) in [5, 5.41) is 18.0. The van der Waals surface area contributed by atoms with Crippen molar-refractivity contribution in [3.8, 4) is 6.07 Å². The first-order chi connectivity index (χ1) is 5.79. The van der Waals surface area contributed by atoms with Crippen molar-refractivity contribution in [3.05, 3.63) is 0 Å². The lowest BCUT2D eigenvalue weighted by Crippen LogP contribution is -2.58. The first kappa shape index (κ1) is 9.46. The van der Waals surface area contributed by atoms with Gasteiger partial charge in [0.15, 0.2) is 5.54 Å². The molecule has 1 unspecified atom stereocenters. The maximum absolute atomic E-state index is 9.10. The molecule has 0 aromatic heterocycles. The van der Waals surface area contributed by atoms with E-state index in [2.05, 4.69) is 6.07 Å². The number of rotatable bonds is 2. The van der Waals surface area contributed by atoms with Crippen LogP contribution in [0.4, 0.5) is 0 Å². The van der Waals surface area contributed by atoms with Crippen molar-refractivity contribution < 1.29 is 9.84 Å². The molecule has 0 aliphatic carbocycles. The molecule has 1 rings (SSSR count). The third-order valence-electron chi connectivity index (χ3n) is 2.30. The number of nitriles is 1. The van der Waals surface area contributed by atoms with Crippen LogP contribution in [0.1, 0.15) is 6.92 Å². The molecule has 1 aliphatic rings. The summed E-state index contributed by atoms with van der Waals surface area (Å²) in [5.41, 5.74) is -0.799. The molecule has 4 heteroatoms. The van der Waals surface area contributed by atoms with Crippen LogP contribution in [-0.2, 0) is 4.74 Å². The second-order valence-corrected chi connectivity index (χ2v) is 2.93. The van der Waals surface area contributed by atoms with E-state index in [4.69, 9.17) is 15.1 Å². The standard InChI is InChI=1S/C8H14N2O2/c1-2-10-3-4-12-7-8(10,5-9)6-11/h11H,2-4,6-7H2,1H3. The topological polar surface area (TPSA) is 56.5 Å².